The molecule has 0 aliphatic carbocycles. The van der Waals surface area contributed by atoms with Crippen LogP contribution in [0.15, 0.2) is 12.1 Å². The molecule has 0 bridgehead atoms. The summed E-state index contributed by atoms with van der Waals surface area (Å²) in [5.74, 6) is 0.148. The summed E-state index contributed by atoms with van der Waals surface area (Å²) < 4.78 is 4.58. The number of methoxy groups -OCH3 is 1. The Morgan fingerprint density at radius 3 is 1.86 bits per heavy atom. The number of ether oxygens (including phenoxy) is 1. The molecule has 0 saturated carbocycles. The Labute approximate surface area is 147 Å². The molecule has 0 spiro atoms. The third-order valence-electron chi connectivity index (χ3n) is 3.66. The molecule has 0 aliphatic rings. The molecular formula is C18H27IO3. The summed E-state index contributed by atoms with van der Waals surface area (Å²) in [6.45, 7) is 12.5. The van der Waals surface area contributed by atoms with Crippen LogP contribution in [-0.2, 0) is 26.8 Å². The zero-order chi connectivity index (χ0) is 17.3. The maximum atomic E-state index is 11.7. The van der Waals surface area contributed by atoms with Crippen LogP contribution in [0.2, 0.25) is 0 Å². The van der Waals surface area contributed by atoms with Gasteiger partial charge in [-0.3, -0.25) is 4.79 Å². The second kappa shape index (κ2) is 6.77. The van der Waals surface area contributed by atoms with Crippen LogP contribution in [-0.4, -0.2) is 22.1 Å². The van der Waals surface area contributed by atoms with Gasteiger partial charge >= 0.3 is 5.97 Å². The number of carbonyl (C=O) groups is 1. The highest BCUT2D eigenvalue weighted by molar-refractivity contribution is 14.1. The molecule has 1 atom stereocenters. The van der Waals surface area contributed by atoms with Crippen LogP contribution >= 0.6 is 22.6 Å². The van der Waals surface area contributed by atoms with Gasteiger partial charge in [-0.15, -0.1) is 0 Å². The highest BCUT2D eigenvalue weighted by Gasteiger charge is 2.27. The van der Waals surface area contributed by atoms with Crippen molar-refractivity contribution in [3.63, 3.8) is 0 Å². The van der Waals surface area contributed by atoms with Gasteiger partial charge in [0, 0.05) is 0 Å². The molecular weight excluding hydrogens is 391 g/mol. The Bertz CT molecular complexity index is 515. The predicted molar refractivity (Wildman–Crippen MR) is 99.0 cm³/mol. The van der Waals surface area contributed by atoms with Crippen LogP contribution in [0.3, 0.4) is 0 Å². The van der Waals surface area contributed by atoms with Crippen molar-refractivity contribution in [1.29, 1.82) is 0 Å². The number of rotatable bonds is 3. The second-order valence-corrected chi connectivity index (χ2v) is 9.24. The predicted octanol–water partition coefficient (Wildman–Crippen LogP) is 4.51. The van der Waals surface area contributed by atoms with E-state index < -0.39 is 0 Å². The normalized spacial score (nSPS) is 13.8. The first kappa shape index (κ1) is 19.3. The summed E-state index contributed by atoms with van der Waals surface area (Å²) in [5, 5.41) is 10.7. The molecule has 22 heavy (non-hydrogen) atoms. The van der Waals surface area contributed by atoms with E-state index in [0.717, 1.165) is 16.7 Å². The van der Waals surface area contributed by atoms with E-state index in [1.165, 1.54) is 7.11 Å². The lowest BCUT2D eigenvalue weighted by Crippen LogP contribution is -2.21. The van der Waals surface area contributed by atoms with Crippen molar-refractivity contribution in [3.05, 3.63) is 28.8 Å². The Morgan fingerprint density at radius 1 is 1.14 bits per heavy atom. The molecule has 1 aromatic rings. The van der Waals surface area contributed by atoms with Crippen molar-refractivity contribution >= 4 is 28.6 Å². The van der Waals surface area contributed by atoms with Crippen molar-refractivity contribution in [2.75, 3.05) is 7.11 Å². The average molecular weight is 418 g/mol. The number of phenolic OH excluding ortho intramolecular Hbond substituents is 1. The van der Waals surface area contributed by atoms with Gasteiger partial charge in [-0.2, -0.15) is 0 Å². The summed E-state index contributed by atoms with van der Waals surface area (Å²) in [5.41, 5.74) is 2.57. The quantitative estimate of drug-likeness (QED) is 0.447. The molecule has 0 fully saturated rings. The van der Waals surface area contributed by atoms with Crippen LogP contribution in [0, 0.1) is 0 Å². The van der Waals surface area contributed by atoms with Gasteiger partial charge in [0.25, 0.3) is 0 Å². The van der Waals surface area contributed by atoms with E-state index in [2.05, 4.69) is 64.1 Å². The molecule has 124 valence electrons. The first-order chi connectivity index (χ1) is 9.87. The van der Waals surface area contributed by atoms with E-state index in [4.69, 9.17) is 4.74 Å². The number of phenols is 1. The Morgan fingerprint density at radius 2 is 1.55 bits per heavy atom. The Hall–Kier alpha value is -0.780. The fourth-order valence-electron chi connectivity index (χ4n) is 2.37. The van der Waals surface area contributed by atoms with Crippen LogP contribution in [0.5, 0.6) is 5.75 Å². The minimum atomic E-state index is -0.229. The minimum absolute atomic E-state index is 0.161. The van der Waals surface area contributed by atoms with Crippen molar-refractivity contribution in [3.8, 4) is 5.75 Å². The fourth-order valence-corrected chi connectivity index (χ4v) is 3.14. The number of aromatic hydroxyl groups is 1. The van der Waals surface area contributed by atoms with Gasteiger partial charge in [0.2, 0.25) is 0 Å². The van der Waals surface area contributed by atoms with Gasteiger partial charge in [-0.05, 0) is 33.9 Å². The SMILES string of the molecule is COC(=O)C(I)Cc1cc(C(C)(C)C)c(O)c(C(C)(C)C)c1. The highest BCUT2D eigenvalue weighted by atomic mass is 127. The third-order valence-corrected chi connectivity index (χ3v) is 4.61. The summed E-state index contributed by atoms with van der Waals surface area (Å²) in [6.07, 6.45) is 0.597. The van der Waals surface area contributed by atoms with Gasteiger partial charge in [0.15, 0.2) is 0 Å². The van der Waals surface area contributed by atoms with E-state index in [1.807, 2.05) is 12.1 Å². The van der Waals surface area contributed by atoms with Crippen LogP contribution < -0.4 is 0 Å². The van der Waals surface area contributed by atoms with Gasteiger partial charge in [0.05, 0.1) is 7.11 Å². The first-order valence-electron chi connectivity index (χ1n) is 7.46. The first-order valence-corrected chi connectivity index (χ1v) is 8.71. The largest absolute Gasteiger partial charge is 0.507 e. The summed E-state index contributed by atoms with van der Waals surface area (Å²) in [4.78, 5) is 11.7. The minimum Gasteiger partial charge on any atom is -0.507 e. The van der Waals surface area contributed by atoms with Crippen molar-refractivity contribution in [1.82, 2.24) is 0 Å². The van der Waals surface area contributed by atoms with Gasteiger partial charge in [0.1, 0.15) is 9.67 Å². The molecule has 0 aliphatic heterocycles. The topological polar surface area (TPSA) is 46.5 Å². The van der Waals surface area contributed by atoms with E-state index in [-0.39, 0.29) is 20.7 Å². The monoisotopic (exact) mass is 418 g/mol. The van der Waals surface area contributed by atoms with Gasteiger partial charge in [-0.25, -0.2) is 0 Å². The third kappa shape index (κ3) is 4.61. The molecule has 0 saturated heterocycles. The number of halogens is 1. The van der Waals surface area contributed by atoms with E-state index in [9.17, 15) is 9.90 Å². The maximum Gasteiger partial charge on any atom is 0.318 e. The highest BCUT2D eigenvalue weighted by Crippen LogP contribution is 2.40. The standard InChI is InChI=1S/C18H27IO3/c1-17(2,3)12-8-11(10-14(19)16(21)22-7)9-13(15(12)20)18(4,5)6/h8-9,14,20H,10H2,1-7H3. The molecule has 0 heterocycles. The van der Waals surface area contributed by atoms with Crippen molar-refractivity contribution in [2.24, 2.45) is 0 Å². The van der Waals surface area contributed by atoms with Gasteiger partial charge < -0.3 is 9.84 Å². The molecule has 0 aromatic heterocycles. The van der Waals surface area contributed by atoms with Crippen LogP contribution in [0.25, 0.3) is 0 Å². The Balaban J connectivity index is 3.39. The number of carbonyl (C=O) groups excluding carboxylic acids is 1. The van der Waals surface area contributed by atoms with Crippen molar-refractivity contribution in [2.45, 2.75) is 62.7 Å². The van der Waals surface area contributed by atoms with E-state index in [1.54, 1.807) is 0 Å². The molecule has 3 nitrogen and oxygen atoms in total. The van der Waals surface area contributed by atoms with E-state index >= 15 is 0 Å². The second-order valence-electron chi connectivity index (χ2n) is 7.73. The lowest BCUT2D eigenvalue weighted by Gasteiger charge is -2.28. The lowest BCUT2D eigenvalue weighted by molar-refractivity contribution is -0.139. The molecule has 1 N–H and O–H groups in total. The van der Waals surface area contributed by atoms with E-state index in [0.29, 0.717) is 12.2 Å². The fraction of sp³-hybridized carbons (Fsp3) is 0.611. The summed E-state index contributed by atoms with van der Waals surface area (Å²) >= 11 is 2.11. The lowest BCUT2D eigenvalue weighted by atomic mass is 9.78. The zero-order valence-electron chi connectivity index (χ0n) is 14.6. The smallest absolute Gasteiger partial charge is 0.318 e. The van der Waals surface area contributed by atoms with Gasteiger partial charge in [-0.1, -0.05) is 76.3 Å². The molecule has 1 rings (SSSR count). The molecule has 1 unspecified atom stereocenters. The number of hydrogen-bond acceptors (Lipinski definition) is 3. The summed E-state index contributed by atoms with van der Waals surface area (Å²) in [7, 11) is 1.41. The average Bonchev–Trinajstić information content (AvgIpc) is 2.36. The van der Waals surface area contributed by atoms with Crippen LogP contribution in [0.4, 0.5) is 0 Å². The maximum absolute atomic E-state index is 11.7. The zero-order valence-corrected chi connectivity index (χ0v) is 16.7. The number of esters is 1. The summed E-state index contributed by atoms with van der Waals surface area (Å²) in [6, 6.07) is 4.03. The molecule has 4 heteroatoms. The van der Waals surface area contributed by atoms with Crippen LogP contribution in [0.1, 0.15) is 58.2 Å². The molecule has 1 aromatic carbocycles. The number of benzene rings is 1. The number of hydrogen-bond donors (Lipinski definition) is 1. The van der Waals surface area contributed by atoms with Crippen molar-refractivity contribution < 1.29 is 14.6 Å². The number of alkyl halides is 1. The Kier molecular flexibility index (Phi) is 5.93. The molecule has 0 amide bonds. The molecule has 0 radical (unpaired) electrons.